The molecule has 8 nitrogen and oxygen atoms in total. The first-order chi connectivity index (χ1) is 11.0. The second-order valence-electron chi connectivity index (χ2n) is 4.54. The van der Waals surface area contributed by atoms with E-state index in [1.165, 1.54) is 25.2 Å². The van der Waals surface area contributed by atoms with Crippen LogP contribution in [0.4, 0.5) is 21.9 Å². The van der Waals surface area contributed by atoms with Crippen LogP contribution < -0.4 is 16.0 Å². The van der Waals surface area contributed by atoms with Crippen LogP contribution in [0.25, 0.3) is 0 Å². The molecule has 0 aromatic heterocycles. The van der Waals surface area contributed by atoms with Crippen LogP contribution in [0.1, 0.15) is 10.4 Å². The zero-order chi connectivity index (χ0) is 16.8. The van der Waals surface area contributed by atoms with Crippen molar-refractivity contribution in [2.45, 2.75) is 0 Å². The maximum Gasteiger partial charge on any atom is 0.323 e. The molecule has 0 heterocycles. The van der Waals surface area contributed by atoms with Crippen molar-refractivity contribution in [3.05, 3.63) is 64.2 Å². The Morgan fingerprint density at radius 2 is 1.65 bits per heavy atom. The summed E-state index contributed by atoms with van der Waals surface area (Å²) in [6, 6.07) is 11.4. The maximum absolute atomic E-state index is 11.9. The lowest BCUT2D eigenvalue weighted by molar-refractivity contribution is -0.384. The Balaban J connectivity index is 2.01. The van der Waals surface area contributed by atoms with Crippen molar-refractivity contribution in [1.29, 1.82) is 0 Å². The van der Waals surface area contributed by atoms with Crippen LogP contribution in [-0.4, -0.2) is 23.9 Å². The lowest BCUT2D eigenvalue weighted by Crippen LogP contribution is -2.20. The number of hydrogen-bond donors (Lipinski definition) is 3. The Bertz CT molecular complexity index is 743. The van der Waals surface area contributed by atoms with Gasteiger partial charge in [0, 0.05) is 36.1 Å². The molecule has 2 aromatic carbocycles. The van der Waals surface area contributed by atoms with E-state index < -0.39 is 11.0 Å². The lowest BCUT2D eigenvalue weighted by Gasteiger charge is -2.08. The summed E-state index contributed by atoms with van der Waals surface area (Å²) < 4.78 is 0. The molecule has 0 aliphatic rings. The molecule has 3 N–H and O–H groups in total. The number of nitro groups is 1. The van der Waals surface area contributed by atoms with E-state index in [1.807, 2.05) is 0 Å². The minimum absolute atomic E-state index is 0.113. The third-order valence-corrected chi connectivity index (χ3v) is 2.95. The van der Waals surface area contributed by atoms with Gasteiger partial charge in [-0.05, 0) is 30.3 Å². The second-order valence-corrected chi connectivity index (χ2v) is 4.54. The fourth-order valence-corrected chi connectivity index (χ4v) is 1.84. The predicted molar refractivity (Wildman–Crippen MR) is 85.6 cm³/mol. The molecule has 0 spiro atoms. The van der Waals surface area contributed by atoms with Crippen molar-refractivity contribution in [3.63, 3.8) is 0 Å². The first-order valence-corrected chi connectivity index (χ1v) is 6.64. The average Bonchev–Trinajstić information content (AvgIpc) is 2.55. The summed E-state index contributed by atoms with van der Waals surface area (Å²) in [4.78, 5) is 33.4. The summed E-state index contributed by atoms with van der Waals surface area (Å²) >= 11 is 0. The first-order valence-electron chi connectivity index (χ1n) is 6.64. The van der Waals surface area contributed by atoms with E-state index in [-0.39, 0.29) is 11.6 Å². The normalized spacial score (nSPS) is 9.78. The number of rotatable bonds is 4. The fraction of sp³-hybridized carbons (Fsp3) is 0.0667. The average molecular weight is 314 g/mol. The molecule has 2 aromatic rings. The van der Waals surface area contributed by atoms with Gasteiger partial charge in [0.15, 0.2) is 0 Å². The Hall–Kier alpha value is -3.42. The molecule has 23 heavy (non-hydrogen) atoms. The third kappa shape index (κ3) is 4.27. The molecule has 0 aliphatic heterocycles. The minimum Gasteiger partial charge on any atom is -0.355 e. The van der Waals surface area contributed by atoms with Gasteiger partial charge in [-0.1, -0.05) is 6.07 Å². The van der Waals surface area contributed by atoms with E-state index in [4.69, 9.17) is 0 Å². The summed E-state index contributed by atoms with van der Waals surface area (Å²) in [6.07, 6.45) is 0. The number of carbonyl (C=O) groups excluding carboxylic acids is 2. The summed E-state index contributed by atoms with van der Waals surface area (Å²) in [6.45, 7) is 0. The Kier molecular flexibility index (Phi) is 4.88. The van der Waals surface area contributed by atoms with E-state index in [2.05, 4.69) is 16.0 Å². The van der Waals surface area contributed by atoms with Gasteiger partial charge in [-0.3, -0.25) is 14.9 Å². The van der Waals surface area contributed by atoms with Crippen molar-refractivity contribution in [3.8, 4) is 0 Å². The molecule has 118 valence electrons. The van der Waals surface area contributed by atoms with Crippen molar-refractivity contribution < 1.29 is 14.5 Å². The molecule has 0 saturated heterocycles. The molecule has 0 aliphatic carbocycles. The van der Waals surface area contributed by atoms with Crippen LogP contribution in [0.3, 0.4) is 0 Å². The highest BCUT2D eigenvalue weighted by Gasteiger charge is 2.09. The molecule has 8 heteroatoms. The molecule has 0 unspecified atom stereocenters. The summed E-state index contributed by atoms with van der Waals surface area (Å²) in [5.41, 5.74) is 1.15. The number of nitrogens with zero attached hydrogens (tertiary/aromatic N) is 1. The van der Waals surface area contributed by atoms with Crippen molar-refractivity contribution >= 4 is 29.0 Å². The highest BCUT2D eigenvalue weighted by atomic mass is 16.6. The lowest BCUT2D eigenvalue weighted by atomic mass is 10.2. The molecule has 0 bridgehead atoms. The number of non-ortho nitro benzene ring substituents is 1. The number of nitro benzene ring substituents is 1. The molecular weight excluding hydrogens is 300 g/mol. The maximum atomic E-state index is 11.9. The van der Waals surface area contributed by atoms with Crippen molar-refractivity contribution in [1.82, 2.24) is 5.32 Å². The smallest absolute Gasteiger partial charge is 0.323 e. The summed E-state index contributed by atoms with van der Waals surface area (Å²) in [7, 11) is 1.53. The quantitative estimate of drug-likeness (QED) is 0.594. The number of nitrogens with one attached hydrogen (secondary N) is 3. The van der Waals surface area contributed by atoms with Crippen LogP contribution >= 0.6 is 0 Å². The minimum atomic E-state index is -0.543. The van der Waals surface area contributed by atoms with Crippen LogP contribution in [0, 0.1) is 10.1 Å². The summed E-state index contributed by atoms with van der Waals surface area (Å²) in [5.74, 6) is -0.224. The summed E-state index contributed by atoms with van der Waals surface area (Å²) in [5, 5.41) is 18.3. The van der Waals surface area contributed by atoms with Gasteiger partial charge < -0.3 is 16.0 Å². The highest BCUT2D eigenvalue weighted by Crippen LogP contribution is 2.17. The number of benzene rings is 2. The van der Waals surface area contributed by atoms with Gasteiger partial charge in [-0.15, -0.1) is 0 Å². The molecular formula is C15H14N4O4. The van der Waals surface area contributed by atoms with E-state index in [0.29, 0.717) is 16.9 Å². The Morgan fingerprint density at radius 1 is 1.00 bits per heavy atom. The van der Waals surface area contributed by atoms with Gasteiger partial charge in [0.2, 0.25) is 0 Å². The molecule has 0 atom stereocenters. The topological polar surface area (TPSA) is 113 Å². The van der Waals surface area contributed by atoms with Gasteiger partial charge in [-0.25, -0.2) is 4.79 Å². The van der Waals surface area contributed by atoms with E-state index in [1.54, 1.807) is 30.3 Å². The Labute approximate surface area is 131 Å². The monoisotopic (exact) mass is 314 g/mol. The van der Waals surface area contributed by atoms with E-state index >= 15 is 0 Å². The van der Waals surface area contributed by atoms with Gasteiger partial charge in [-0.2, -0.15) is 0 Å². The second kappa shape index (κ2) is 7.03. The zero-order valence-electron chi connectivity index (χ0n) is 12.2. The van der Waals surface area contributed by atoms with Crippen LogP contribution in [-0.2, 0) is 0 Å². The fourth-order valence-electron chi connectivity index (χ4n) is 1.84. The Morgan fingerprint density at radius 3 is 2.26 bits per heavy atom. The predicted octanol–water partition coefficient (Wildman–Crippen LogP) is 2.60. The molecule has 0 fully saturated rings. The van der Waals surface area contributed by atoms with Crippen LogP contribution in [0.2, 0.25) is 0 Å². The number of amides is 3. The van der Waals surface area contributed by atoms with Crippen molar-refractivity contribution in [2.75, 3.05) is 17.7 Å². The standard InChI is InChI=1S/C15H14N4O4/c1-16-14(20)10-5-7-11(8-6-10)17-15(21)18-12-3-2-4-13(9-12)19(22)23/h2-9H,1H3,(H,16,20)(H2,17,18,21). The number of urea groups is 1. The molecule has 0 radical (unpaired) electrons. The highest BCUT2D eigenvalue weighted by molar-refractivity contribution is 6.00. The zero-order valence-corrected chi connectivity index (χ0v) is 12.2. The van der Waals surface area contributed by atoms with Gasteiger partial charge in [0.05, 0.1) is 4.92 Å². The largest absolute Gasteiger partial charge is 0.355 e. The third-order valence-electron chi connectivity index (χ3n) is 2.95. The van der Waals surface area contributed by atoms with Crippen molar-refractivity contribution in [2.24, 2.45) is 0 Å². The van der Waals surface area contributed by atoms with Crippen LogP contribution in [0.5, 0.6) is 0 Å². The molecule has 3 amide bonds. The van der Waals surface area contributed by atoms with E-state index in [9.17, 15) is 19.7 Å². The molecule has 0 saturated carbocycles. The SMILES string of the molecule is CNC(=O)c1ccc(NC(=O)Nc2cccc([N+](=O)[O-])c2)cc1. The van der Waals surface area contributed by atoms with Gasteiger partial charge >= 0.3 is 6.03 Å². The number of hydrogen-bond acceptors (Lipinski definition) is 4. The van der Waals surface area contributed by atoms with Gasteiger partial charge in [0.1, 0.15) is 0 Å². The molecule has 2 rings (SSSR count). The number of carbonyl (C=O) groups is 2. The van der Waals surface area contributed by atoms with E-state index in [0.717, 1.165) is 0 Å². The number of anilines is 2. The van der Waals surface area contributed by atoms with Crippen LogP contribution in [0.15, 0.2) is 48.5 Å². The first kappa shape index (κ1) is 16.0. The van der Waals surface area contributed by atoms with Gasteiger partial charge in [0.25, 0.3) is 11.6 Å².